The smallest absolute Gasteiger partial charge is 0.202 e. The zero-order valence-corrected chi connectivity index (χ0v) is 13.8. The summed E-state index contributed by atoms with van der Waals surface area (Å²) in [7, 11) is -3.30. The molecule has 2 rings (SSSR count). The number of benzene rings is 1. The Bertz CT molecular complexity index is 562. The highest BCUT2D eigenvalue weighted by molar-refractivity contribution is 7.95. The zero-order valence-electron chi connectivity index (χ0n) is 13.0. The second-order valence-electron chi connectivity index (χ2n) is 5.86. The lowest BCUT2D eigenvalue weighted by atomic mass is 9.93. The van der Waals surface area contributed by atoms with Gasteiger partial charge in [0, 0.05) is 4.91 Å². The fourth-order valence-corrected chi connectivity index (χ4v) is 4.83. The third-order valence-electron chi connectivity index (χ3n) is 4.24. The van der Waals surface area contributed by atoms with Crippen LogP contribution in [-0.4, -0.2) is 8.42 Å². The number of hydrogen-bond acceptors (Lipinski definition) is 2. The molecule has 1 aliphatic rings. The van der Waals surface area contributed by atoms with Crippen LogP contribution in [0, 0.1) is 0 Å². The van der Waals surface area contributed by atoms with Gasteiger partial charge in [-0.05, 0) is 50.7 Å². The molecule has 0 heterocycles. The topological polar surface area (TPSA) is 34.1 Å². The summed E-state index contributed by atoms with van der Waals surface area (Å²) in [6.45, 7) is 2.15. The Hall–Kier alpha value is -1.09. The van der Waals surface area contributed by atoms with E-state index >= 15 is 0 Å². The molecule has 21 heavy (non-hydrogen) atoms. The van der Waals surface area contributed by atoms with E-state index in [1.165, 1.54) is 12.0 Å². The summed E-state index contributed by atoms with van der Waals surface area (Å²) in [6, 6.07) is 8.92. The van der Waals surface area contributed by atoms with E-state index in [-0.39, 0.29) is 0 Å². The first-order valence-electron chi connectivity index (χ1n) is 8.17. The van der Waals surface area contributed by atoms with E-state index in [0.29, 0.717) is 11.3 Å². The first kappa shape index (κ1) is 16.3. The maximum atomic E-state index is 13.0. The van der Waals surface area contributed by atoms with Crippen molar-refractivity contribution in [1.82, 2.24) is 0 Å². The van der Waals surface area contributed by atoms with Crippen molar-refractivity contribution in [1.29, 1.82) is 0 Å². The SMILES string of the molecule is CCCCCC(=C1CCCCC1)S(=O)(=O)c1ccccc1. The van der Waals surface area contributed by atoms with Crippen molar-refractivity contribution in [2.45, 2.75) is 69.6 Å². The van der Waals surface area contributed by atoms with Crippen LogP contribution in [0.15, 0.2) is 45.7 Å². The molecule has 0 atom stereocenters. The molecule has 1 aliphatic carbocycles. The lowest BCUT2D eigenvalue weighted by Gasteiger charge is -2.20. The number of unbranched alkanes of at least 4 members (excludes halogenated alkanes) is 2. The molecule has 1 aromatic carbocycles. The van der Waals surface area contributed by atoms with E-state index < -0.39 is 9.84 Å². The van der Waals surface area contributed by atoms with E-state index in [1.54, 1.807) is 12.1 Å². The van der Waals surface area contributed by atoms with Crippen LogP contribution in [0.4, 0.5) is 0 Å². The summed E-state index contributed by atoms with van der Waals surface area (Å²) >= 11 is 0. The van der Waals surface area contributed by atoms with Crippen LogP contribution >= 0.6 is 0 Å². The van der Waals surface area contributed by atoms with E-state index in [2.05, 4.69) is 6.92 Å². The molecule has 116 valence electrons. The quantitative estimate of drug-likeness (QED) is 0.672. The first-order chi connectivity index (χ1) is 10.2. The Kier molecular flexibility index (Phi) is 6.04. The van der Waals surface area contributed by atoms with Gasteiger partial charge in [-0.2, -0.15) is 0 Å². The Morgan fingerprint density at radius 2 is 1.67 bits per heavy atom. The minimum Gasteiger partial charge on any atom is -0.219 e. The monoisotopic (exact) mass is 306 g/mol. The van der Waals surface area contributed by atoms with Gasteiger partial charge < -0.3 is 0 Å². The Balaban J connectivity index is 2.34. The van der Waals surface area contributed by atoms with Crippen LogP contribution in [0.5, 0.6) is 0 Å². The van der Waals surface area contributed by atoms with Crippen LogP contribution in [0.3, 0.4) is 0 Å². The zero-order chi connectivity index (χ0) is 15.1. The molecule has 0 radical (unpaired) electrons. The summed E-state index contributed by atoms with van der Waals surface area (Å²) in [5, 5.41) is 0. The van der Waals surface area contributed by atoms with E-state index in [4.69, 9.17) is 0 Å². The predicted molar refractivity (Wildman–Crippen MR) is 87.9 cm³/mol. The molecular weight excluding hydrogens is 280 g/mol. The molecule has 1 fully saturated rings. The molecule has 0 saturated heterocycles. The predicted octanol–water partition coefficient (Wildman–Crippen LogP) is 5.26. The van der Waals surface area contributed by atoms with Crippen LogP contribution in [0.25, 0.3) is 0 Å². The molecule has 1 saturated carbocycles. The van der Waals surface area contributed by atoms with Gasteiger partial charge in [-0.3, -0.25) is 0 Å². The summed E-state index contributed by atoms with van der Waals surface area (Å²) < 4.78 is 25.9. The van der Waals surface area contributed by atoms with Crippen molar-refractivity contribution in [2.75, 3.05) is 0 Å². The van der Waals surface area contributed by atoms with Crippen molar-refractivity contribution >= 4 is 9.84 Å². The second kappa shape index (κ2) is 7.79. The van der Waals surface area contributed by atoms with Crippen molar-refractivity contribution in [3.8, 4) is 0 Å². The van der Waals surface area contributed by atoms with Gasteiger partial charge in [0.15, 0.2) is 0 Å². The first-order valence-corrected chi connectivity index (χ1v) is 9.65. The van der Waals surface area contributed by atoms with Crippen LogP contribution in [0.2, 0.25) is 0 Å². The number of rotatable bonds is 6. The van der Waals surface area contributed by atoms with Gasteiger partial charge in [-0.25, -0.2) is 8.42 Å². The van der Waals surface area contributed by atoms with Gasteiger partial charge in [-0.15, -0.1) is 0 Å². The highest BCUT2D eigenvalue weighted by Crippen LogP contribution is 2.33. The van der Waals surface area contributed by atoms with Gasteiger partial charge in [0.2, 0.25) is 9.84 Å². The third-order valence-corrected chi connectivity index (χ3v) is 6.27. The standard InChI is InChI=1S/C18H26O2S/c1-2-3-6-15-18(16-11-7-4-8-12-16)21(19,20)17-13-9-5-10-14-17/h5,9-10,13-14H,2-4,6-8,11-12,15H2,1H3. The summed E-state index contributed by atoms with van der Waals surface area (Å²) in [5.41, 5.74) is 1.20. The van der Waals surface area contributed by atoms with Crippen molar-refractivity contribution in [3.05, 3.63) is 40.8 Å². The van der Waals surface area contributed by atoms with Gasteiger partial charge in [-0.1, -0.05) is 50.0 Å². The molecule has 0 unspecified atom stereocenters. The second-order valence-corrected chi connectivity index (χ2v) is 7.83. The third kappa shape index (κ3) is 4.19. The Morgan fingerprint density at radius 1 is 1.00 bits per heavy atom. The van der Waals surface area contributed by atoms with Crippen molar-refractivity contribution in [3.63, 3.8) is 0 Å². The van der Waals surface area contributed by atoms with E-state index in [1.807, 2.05) is 18.2 Å². The number of hydrogen-bond donors (Lipinski definition) is 0. The fourth-order valence-electron chi connectivity index (χ4n) is 3.04. The molecule has 3 heteroatoms. The normalized spacial score (nSPS) is 16.0. The molecule has 1 aromatic rings. The highest BCUT2D eigenvalue weighted by Gasteiger charge is 2.24. The largest absolute Gasteiger partial charge is 0.219 e. The van der Waals surface area contributed by atoms with Gasteiger partial charge in [0.25, 0.3) is 0 Å². The Labute approximate surface area is 129 Å². The molecule has 0 bridgehead atoms. The summed E-state index contributed by atoms with van der Waals surface area (Å²) in [6.07, 6.45) is 9.34. The molecule has 0 N–H and O–H groups in total. The number of sulfone groups is 1. The van der Waals surface area contributed by atoms with Crippen LogP contribution in [-0.2, 0) is 9.84 Å². The molecule has 2 nitrogen and oxygen atoms in total. The van der Waals surface area contributed by atoms with Crippen LogP contribution < -0.4 is 0 Å². The molecular formula is C18H26O2S. The highest BCUT2D eigenvalue weighted by atomic mass is 32.2. The van der Waals surface area contributed by atoms with Crippen molar-refractivity contribution < 1.29 is 8.42 Å². The van der Waals surface area contributed by atoms with Gasteiger partial charge >= 0.3 is 0 Å². The lowest BCUT2D eigenvalue weighted by Crippen LogP contribution is -2.10. The van der Waals surface area contributed by atoms with Crippen LogP contribution in [0.1, 0.15) is 64.7 Å². The summed E-state index contributed by atoms with van der Waals surface area (Å²) in [4.78, 5) is 1.18. The Morgan fingerprint density at radius 3 is 2.29 bits per heavy atom. The lowest BCUT2D eigenvalue weighted by molar-refractivity contribution is 0.577. The van der Waals surface area contributed by atoms with E-state index in [9.17, 15) is 8.42 Å². The fraction of sp³-hybridized carbons (Fsp3) is 0.556. The maximum Gasteiger partial charge on any atom is 0.202 e. The maximum absolute atomic E-state index is 13.0. The minimum absolute atomic E-state index is 0.453. The summed E-state index contributed by atoms with van der Waals surface area (Å²) in [5.74, 6) is 0. The van der Waals surface area contributed by atoms with Crippen molar-refractivity contribution in [2.24, 2.45) is 0 Å². The average molecular weight is 306 g/mol. The van der Waals surface area contributed by atoms with Gasteiger partial charge in [0.1, 0.15) is 0 Å². The van der Waals surface area contributed by atoms with Gasteiger partial charge in [0.05, 0.1) is 4.90 Å². The molecule has 0 aliphatic heterocycles. The minimum atomic E-state index is -3.30. The van der Waals surface area contributed by atoms with E-state index in [0.717, 1.165) is 49.9 Å². The molecule has 0 amide bonds. The average Bonchev–Trinajstić information content (AvgIpc) is 2.53. The number of allylic oxidation sites excluding steroid dienone is 2. The molecule has 0 aromatic heterocycles. The molecule has 0 spiro atoms.